The SMILES string of the molecule is COc1cc(C2SC(C)(C)C(C(=O)O)N2C(C)=O)cc(OC)c1OC. The van der Waals surface area contributed by atoms with Crippen LogP contribution in [0.2, 0.25) is 0 Å². The first-order chi connectivity index (χ1) is 11.7. The maximum absolute atomic E-state index is 12.2. The summed E-state index contributed by atoms with van der Waals surface area (Å²) in [6.07, 6.45) is 0. The number of aliphatic carboxylic acids is 1. The minimum absolute atomic E-state index is 0.302. The Labute approximate surface area is 151 Å². The van der Waals surface area contributed by atoms with Crippen molar-refractivity contribution in [3.05, 3.63) is 17.7 Å². The molecular weight excluding hydrogens is 346 g/mol. The van der Waals surface area contributed by atoms with Crippen molar-refractivity contribution in [3.63, 3.8) is 0 Å². The molecule has 2 unspecified atom stereocenters. The smallest absolute Gasteiger partial charge is 0.327 e. The number of methoxy groups -OCH3 is 3. The molecule has 1 fully saturated rings. The molecule has 0 saturated carbocycles. The zero-order valence-electron chi connectivity index (χ0n) is 15.2. The van der Waals surface area contributed by atoms with Gasteiger partial charge in [-0.3, -0.25) is 4.79 Å². The van der Waals surface area contributed by atoms with Crippen LogP contribution in [0.15, 0.2) is 12.1 Å². The molecule has 1 aliphatic rings. The van der Waals surface area contributed by atoms with Crippen LogP contribution in [-0.2, 0) is 9.59 Å². The number of hydrogen-bond donors (Lipinski definition) is 1. The molecule has 1 heterocycles. The van der Waals surface area contributed by atoms with Crippen molar-refractivity contribution in [1.29, 1.82) is 0 Å². The lowest BCUT2D eigenvalue weighted by Gasteiger charge is -2.29. The number of hydrogen-bond acceptors (Lipinski definition) is 6. The highest BCUT2D eigenvalue weighted by molar-refractivity contribution is 8.01. The van der Waals surface area contributed by atoms with Crippen molar-refractivity contribution in [3.8, 4) is 17.2 Å². The van der Waals surface area contributed by atoms with Crippen molar-refractivity contribution in [2.24, 2.45) is 0 Å². The Hall–Kier alpha value is -2.09. The van der Waals surface area contributed by atoms with Gasteiger partial charge < -0.3 is 24.2 Å². The summed E-state index contributed by atoms with van der Waals surface area (Å²) in [7, 11) is 4.53. The van der Waals surface area contributed by atoms with Crippen molar-refractivity contribution in [2.45, 2.75) is 36.9 Å². The summed E-state index contributed by atoms with van der Waals surface area (Å²) in [6, 6.07) is 2.56. The van der Waals surface area contributed by atoms with E-state index >= 15 is 0 Å². The molecular formula is C17H23NO6S. The van der Waals surface area contributed by atoms with E-state index in [1.807, 2.05) is 13.8 Å². The molecule has 2 rings (SSSR count). The zero-order chi connectivity index (χ0) is 18.9. The Kier molecular flexibility index (Phi) is 5.41. The van der Waals surface area contributed by atoms with Gasteiger partial charge in [0.25, 0.3) is 0 Å². The molecule has 8 heteroatoms. The molecule has 1 aromatic carbocycles. The van der Waals surface area contributed by atoms with Crippen molar-refractivity contribution in [1.82, 2.24) is 4.90 Å². The van der Waals surface area contributed by atoms with Crippen LogP contribution in [0.3, 0.4) is 0 Å². The quantitative estimate of drug-likeness (QED) is 0.853. The minimum atomic E-state index is -1.03. The standard InChI is InChI=1S/C17H23NO6S/c1-9(19)18-14(16(20)21)17(2,3)25-15(18)10-7-11(22-4)13(24-6)12(8-10)23-5/h7-8,14-15H,1-6H3,(H,20,21). The summed E-state index contributed by atoms with van der Waals surface area (Å²) in [6.45, 7) is 5.03. The van der Waals surface area contributed by atoms with Crippen LogP contribution < -0.4 is 14.2 Å². The van der Waals surface area contributed by atoms with E-state index in [9.17, 15) is 14.7 Å². The maximum atomic E-state index is 12.2. The van der Waals surface area contributed by atoms with Gasteiger partial charge in [0.05, 0.1) is 21.3 Å². The molecule has 25 heavy (non-hydrogen) atoms. The first-order valence-corrected chi connectivity index (χ1v) is 8.55. The second-order valence-electron chi connectivity index (χ2n) is 6.20. The molecule has 1 aliphatic heterocycles. The van der Waals surface area contributed by atoms with E-state index in [1.54, 1.807) is 12.1 Å². The van der Waals surface area contributed by atoms with Gasteiger partial charge in [-0.1, -0.05) is 0 Å². The normalized spacial score (nSPS) is 21.8. The highest BCUT2D eigenvalue weighted by Gasteiger charge is 2.53. The number of rotatable bonds is 5. The summed E-state index contributed by atoms with van der Waals surface area (Å²) in [5.41, 5.74) is 0.714. The van der Waals surface area contributed by atoms with Gasteiger partial charge in [-0.05, 0) is 31.5 Å². The molecule has 1 amide bonds. The summed E-state index contributed by atoms with van der Waals surface area (Å²) in [5.74, 6) is 0.0297. The molecule has 1 saturated heterocycles. The average Bonchev–Trinajstić information content (AvgIpc) is 2.84. The van der Waals surface area contributed by atoms with E-state index in [2.05, 4.69) is 0 Å². The first-order valence-electron chi connectivity index (χ1n) is 7.67. The molecule has 0 bridgehead atoms. The zero-order valence-corrected chi connectivity index (χ0v) is 16.0. The van der Waals surface area contributed by atoms with E-state index in [-0.39, 0.29) is 5.91 Å². The number of amides is 1. The average molecular weight is 369 g/mol. The van der Waals surface area contributed by atoms with Crippen molar-refractivity contribution < 1.29 is 28.9 Å². The predicted octanol–water partition coefficient (Wildman–Crippen LogP) is 2.54. The van der Waals surface area contributed by atoms with E-state index < -0.39 is 22.1 Å². The van der Waals surface area contributed by atoms with Crippen LogP contribution in [0.4, 0.5) is 0 Å². The molecule has 0 aromatic heterocycles. The third-order valence-electron chi connectivity index (χ3n) is 4.17. The number of carboxylic acids is 1. The van der Waals surface area contributed by atoms with Crippen LogP contribution in [0.25, 0.3) is 0 Å². The van der Waals surface area contributed by atoms with Gasteiger partial charge in [-0.25, -0.2) is 4.79 Å². The number of carboxylic acid groups (broad SMARTS) is 1. The van der Waals surface area contributed by atoms with E-state index in [0.717, 1.165) is 0 Å². The second-order valence-corrected chi connectivity index (χ2v) is 7.93. The fourth-order valence-corrected chi connectivity index (χ4v) is 4.69. The van der Waals surface area contributed by atoms with Gasteiger partial charge >= 0.3 is 5.97 Å². The Morgan fingerprint density at radius 2 is 1.64 bits per heavy atom. The summed E-state index contributed by atoms with van der Waals surface area (Å²) in [4.78, 5) is 25.4. The fraction of sp³-hybridized carbons (Fsp3) is 0.529. The van der Waals surface area contributed by atoms with Gasteiger partial charge in [0.2, 0.25) is 11.7 Å². The van der Waals surface area contributed by atoms with E-state index in [4.69, 9.17) is 14.2 Å². The molecule has 1 N–H and O–H groups in total. The van der Waals surface area contributed by atoms with Crippen molar-refractivity contribution >= 4 is 23.6 Å². The maximum Gasteiger partial charge on any atom is 0.327 e. The van der Waals surface area contributed by atoms with E-state index in [0.29, 0.717) is 22.8 Å². The van der Waals surface area contributed by atoms with Crippen molar-refractivity contribution in [2.75, 3.05) is 21.3 Å². The lowest BCUT2D eigenvalue weighted by Crippen LogP contribution is -2.48. The first kappa shape index (κ1) is 19.2. The fourth-order valence-electron chi connectivity index (χ4n) is 3.12. The topological polar surface area (TPSA) is 85.3 Å². The Morgan fingerprint density at radius 3 is 2.00 bits per heavy atom. The number of carbonyl (C=O) groups is 2. The molecule has 0 spiro atoms. The van der Waals surface area contributed by atoms with E-state index in [1.165, 1.54) is 44.9 Å². The molecule has 138 valence electrons. The molecule has 0 aliphatic carbocycles. The molecule has 7 nitrogen and oxygen atoms in total. The molecule has 1 aromatic rings. The minimum Gasteiger partial charge on any atom is -0.493 e. The number of benzene rings is 1. The van der Waals surface area contributed by atoms with Crippen LogP contribution in [0.5, 0.6) is 17.2 Å². The number of thioether (sulfide) groups is 1. The second kappa shape index (κ2) is 7.03. The largest absolute Gasteiger partial charge is 0.493 e. The third kappa shape index (κ3) is 3.35. The highest BCUT2D eigenvalue weighted by Crippen LogP contribution is 2.54. The molecule has 2 atom stereocenters. The third-order valence-corrected chi connectivity index (χ3v) is 5.73. The van der Waals surface area contributed by atoms with Gasteiger partial charge in [-0.2, -0.15) is 0 Å². The van der Waals surface area contributed by atoms with Gasteiger partial charge in [0.1, 0.15) is 11.4 Å². The van der Waals surface area contributed by atoms with Gasteiger partial charge in [0.15, 0.2) is 11.5 Å². The predicted molar refractivity (Wildman–Crippen MR) is 94.5 cm³/mol. The Bertz CT molecular complexity index is 665. The molecule has 0 radical (unpaired) electrons. The Balaban J connectivity index is 2.60. The highest BCUT2D eigenvalue weighted by atomic mass is 32.2. The van der Waals surface area contributed by atoms with Crippen LogP contribution in [-0.4, -0.2) is 54.0 Å². The Morgan fingerprint density at radius 1 is 1.12 bits per heavy atom. The summed E-state index contributed by atoms with van der Waals surface area (Å²) in [5, 5.41) is 9.17. The van der Waals surface area contributed by atoms with Gasteiger partial charge in [-0.15, -0.1) is 11.8 Å². The summed E-state index contributed by atoms with van der Waals surface area (Å²) < 4.78 is 15.4. The monoisotopic (exact) mass is 369 g/mol. The van der Waals surface area contributed by atoms with Gasteiger partial charge in [0, 0.05) is 11.7 Å². The number of ether oxygens (including phenoxy) is 3. The lowest BCUT2D eigenvalue weighted by atomic mass is 10.0. The van der Waals surface area contributed by atoms with Crippen LogP contribution in [0, 0.1) is 0 Å². The van der Waals surface area contributed by atoms with Crippen LogP contribution in [0.1, 0.15) is 31.7 Å². The number of nitrogens with zero attached hydrogens (tertiary/aromatic N) is 1. The number of carbonyl (C=O) groups excluding carboxylic acids is 1. The summed E-state index contributed by atoms with van der Waals surface area (Å²) >= 11 is 1.42. The lowest BCUT2D eigenvalue weighted by molar-refractivity contribution is -0.150. The van der Waals surface area contributed by atoms with Crippen LogP contribution >= 0.6 is 11.8 Å².